The predicted octanol–water partition coefficient (Wildman–Crippen LogP) is 3.54. The molecule has 3 amide bonds. The zero-order valence-corrected chi connectivity index (χ0v) is 22.9. The van der Waals surface area contributed by atoms with Crippen molar-refractivity contribution in [3.05, 3.63) is 65.2 Å². The molecule has 2 aliphatic heterocycles. The number of para-hydroxylation sites is 1. The summed E-state index contributed by atoms with van der Waals surface area (Å²) in [5.41, 5.74) is 3.34. The number of likely N-dealkylation sites (tertiary alicyclic amines) is 1. The third kappa shape index (κ3) is 6.79. The fourth-order valence-corrected chi connectivity index (χ4v) is 5.33. The molecule has 0 atom stereocenters. The topological polar surface area (TPSA) is 73.4 Å². The molecule has 1 saturated heterocycles. The maximum absolute atomic E-state index is 13.9. The Morgan fingerprint density at radius 1 is 0.947 bits per heavy atom. The van der Waals surface area contributed by atoms with Crippen LogP contribution in [-0.4, -0.2) is 84.9 Å². The quantitative estimate of drug-likeness (QED) is 0.583. The molecular formula is C30H40N4O4. The Kier molecular flexibility index (Phi) is 9.53. The maximum Gasteiger partial charge on any atom is 0.254 e. The van der Waals surface area contributed by atoms with Gasteiger partial charge in [0, 0.05) is 76.6 Å². The minimum absolute atomic E-state index is 0.0111. The summed E-state index contributed by atoms with van der Waals surface area (Å²) in [6.07, 6.45) is 2.32. The van der Waals surface area contributed by atoms with E-state index >= 15 is 0 Å². The highest BCUT2D eigenvalue weighted by Crippen LogP contribution is 2.25. The predicted molar refractivity (Wildman–Crippen MR) is 148 cm³/mol. The first-order valence-corrected chi connectivity index (χ1v) is 13.6. The molecule has 0 N–H and O–H groups in total. The van der Waals surface area contributed by atoms with Crippen LogP contribution in [-0.2, 0) is 27.4 Å². The molecule has 8 nitrogen and oxygen atoms in total. The van der Waals surface area contributed by atoms with Crippen molar-refractivity contribution < 1.29 is 19.1 Å². The van der Waals surface area contributed by atoms with Crippen molar-refractivity contribution >= 4 is 23.4 Å². The largest absolute Gasteiger partial charge is 0.375 e. The van der Waals surface area contributed by atoms with Gasteiger partial charge in [0.05, 0.1) is 0 Å². The van der Waals surface area contributed by atoms with Gasteiger partial charge in [-0.05, 0) is 56.0 Å². The number of hydrogen-bond donors (Lipinski definition) is 0. The molecule has 204 valence electrons. The number of hydrogen-bond acceptors (Lipinski definition) is 5. The second-order valence-electron chi connectivity index (χ2n) is 10.4. The summed E-state index contributed by atoms with van der Waals surface area (Å²) < 4.78 is 5.18. The SMILES string of the molecule is COCC(=O)N1CCCN(C(C)C)CCN(C(=O)c2cccc(CN3CCCC3=O)c2)Cc2ccccc21. The van der Waals surface area contributed by atoms with Gasteiger partial charge in [0.2, 0.25) is 5.91 Å². The van der Waals surface area contributed by atoms with E-state index in [1.54, 1.807) is 4.90 Å². The van der Waals surface area contributed by atoms with Crippen molar-refractivity contribution in [3.63, 3.8) is 0 Å². The fraction of sp³-hybridized carbons (Fsp3) is 0.500. The normalized spacial score (nSPS) is 17.5. The Hall–Kier alpha value is -3.23. The van der Waals surface area contributed by atoms with Crippen LogP contribution < -0.4 is 4.90 Å². The number of anilines is 1. The summed E-state index contributed by atoms with van der Waals surface area (Å²) in [4.78, 5) is 47.0. The molecule has 0 spiro atoms. The minimum atomic E-state index is -0.0858. The lowest BCUT2D eigenvalue weighted by Crippen LogP contribution is -2.41. The van der Waals surface area contributed by atoms with Crippen LogP contribution >= 0.6 is 0 Å². The summed E-state index contributed by atoms with van der Waals surface area (Å²) in [7, 11) is 1.53. The van der Waals surface area contributed by atoms with Crippen LogP contribution in [0, 0.1) is 0 Å². The molecule has 0 bridgehead atoms. The van der Waals surface area contributed by atoms with E-state index in [-0.39, 0.29) is 24.3 Å². The molecule has 0 aromatic heterocycles. The van der Waals surface area contributed by atoms with Crippen molar-refractivity contribution in [2.45, 2.75) is 52.2 Å². The van der Waals surface area contributed by atoms with Gasteiger partial charge >= 0.3 is 0 Å². The van der Waals surface area contributed by atoms with E-state index in [2.05, 4.69) is 18.7 Å². The number of fused-ring (bicyclic) bond motifs is 1. The summed E-state index contributed by atoms with van der Waals surface area (Å²) in [6.45, 7) is 8.78. The molecule has 0 aliphatic carbocycles. The van der Waals surface area contributed by atoms with E-state index in [4.69, 9.17) is 4.74 Å². The number of ether oxygens (including phenoxy) is 1. The average molecular weight is 521 g/mol. The van der Waals surface area contributed by atoms with Crippen LogP contribution in [0.1, 0.15) is 54.6 Å². The van der Waals surface area contributed by atoms with Crippen LogP contribution in [0.25, 0.3) is 0 Å². The zero-order chi connectivity index (χ0) is 27.1. The number of benzene rings is 2. The number of nitrogens with zero attached hydrogens (tertiary/aromatic N) is 4. The van der Waals surface area contributed by atoms with Gasteiger partial charge in [0.25, 0.3) is 11.8 Å². The van der Waals surface area contributed by atoms with Crippen LogP contribution in [0.3, 0.4) is 0 Å². The summed E-state index contributed by atoms with van der Waals surface area (Å²) in [5.74, 6) is 0.0382. The van der Waals surface area contributed by atoms with Crippen molar-refractivity contribution in [1.29, 1.82) is 0 Å². The number of carbonyl (C=O) groups excluding carboxylic acids is 3. The average Bonchev–Trinajstić information content (AvgIpc) is 3.29. The molecule has 38 heavy (non-hydrogen) atoms. The Balaban J connectivity index is 1.64. The van der Waals surface area contributed by atoms with E-state index in [9.17, 15) is 14.4 Å². The summed E-state index contributed by atoms with van der Waals surface area (Å²) >= 11 is 0. The molecule has 4 rings (SSSR count). The Morgan fingerprint density at radius 3 is 2.50 bits per heavy atom. The van der Waals surface area contributed by atoms with Gasteiger partial charge < -0.3 is 19.4 Å². The molecule has 1 fully saturated rings. The number of amides is 3. The van der Waals surface area contributed by atoms with Gasteiger partial charge in [0.15, 0.2) is 0 Å². The van der Waals surface area contributed by atoms with Gasteiger partial charge in [-0.1, -0.05) is 30.3 Å². The smallest absolute Gasteiger partial charge is 0.254 e. The number of carbonyl (C=O) groups is 3. The van der Waals surface area contributed by atoms with E-state index in [1.807, 2.05) is 58.3 Å². The van der Waals surface area contributed by atoms with Crippen molar-refractivity contribution in [2.75, 3.05) is 51.3 Å². The van der Waals surface area contributed by atoms with Gasteiger partial charge in [-0.2, -0.15) is 0 Å². The van der Waals surface area contributed by atoms with E-state index in [0.717, 1.165) is 49.3 Å². The summed E-state index contributed by atoms with van der Waals surface area (Å²) in [6, 6.07) is 15.8. The Labute approximate surface area is 226 Å². The van der Waals surface area contributed by atoms with Crippen molar-refractivity contribution in [3.8, 4) is 0 Å². The lowest BCUT2D eigenvalue weighted by molar-refractivity contribution is -0.128. The second-order valence-corrected chi connectivity index (χ2v) is 10.4. The van der Waals surface area contributed by atoms with E-state index in [1.165, 1.54) is 7.11 Å². The maximum atomic E-state index is 13.9. The third-order valence-corrected chi connectivity index (χ3v) is 7.43. The molecule has 2 heterocycles. The van der Waals surface area contributed by atoms with Gasteiger partial charge in [-0.25, -0.2) is 0 Å². The van der Waals surface area contributed by atoms with Crippen molar-refractivity contribution in [1.82, 2.24) is 14.7 Å². The van der Waals surface area contributed by atoms with Crippen LogP contribution in [0.15, 0.2) is 48.5 Å². The second kappa shape index (κ2) is 13.0. The first-order valence-electron chi connectivity index (χ1n) is 13.6. The number of methoxy groups -OCH3 is 1. The molecule has 2 aliphatic rings. The lowest BCUT2D eigenvalue weighted by Gasteiger charge is -2.30. The highest BCUT2D eigenvalue weighted by molar-refractivity contribution is 5.96. The van der Waals surface area contributed by atoms with Crippen LogP contribution in [0.2, 0.25) is 0 Å². The molecule has 0 unspecified atom stereocenters. The standard InChI is InChI=1S/C30H40N4O4/c1-23(2)31-15-8-16-34(29(36)22-38-3)27-12-5-4-10-26(27)21-33(18-17-31)30(37)25-11-6-9-24(19-25)20-32-14-7-13-28(32)35/h4-6,9-12,19,23H,7-8,13-18,20-22H2,1-3H3. The highest BCUT2D eigenvalue weighted by atomic mass is 16.5. The summed E-state index contributed by atoms with van der Waals surface area (Å²) in [5, 5.41) is 0. The van der Waals surface area contributed by atoms with Crippen LogP contribution in [0.4, 0.5) is 5.69 Å². The first-order chi connectivity index (χ1) is 18.4. The first kappa shape index (κ1) is 27.8. The monoisotopic (exact) mass is 520 g/mol. The van der Waals surface area contributed by atoms with Gasteiger partial charge in [-0.3, -0.25) is 19.3 Å². The van der Waals surface area contributed by atoms with Crippen LogP contribution in [0.5, 0.6) is 0 Å². The number of rotatable bonds is 6. The minimum Gasteiger partial charge on any atom is -0.375 e. The molecule has 8 heteroatoms. The highest BCUT2D eigenvalue weighted by Gasteiger charge is 2.25. The van der Waals surface area contributed by atoms with Crippen molar-refractivity contribution in [2.24, 2.45) is 0 Å². The molecule has 2 aromatic carbocycles. The van der Waals surface area contributed by atoms with Gasteiger partial charge in [0.1, 0.15) is 6.61 Å². The lowest BCUT2D eigenvalue weighted by atomic mass is 10.1. The van der Waals surface area contributed by atoms with E-state index in [0.29, 0.717) is 44.2 Å². The third-order valence-electron chi connectivity index (χ3n) is 7.43. The molecule has 0 radical (unpaired) electrons. The molecular weight excluding hydrogens is 480 g/mol. The molecule has 0 saturated carbocycles. The Bertz CT molecular complexity index is 1130. The Morgan fingerprint density at radius 2 is 1.76 bits per heavy atom. The van der Waals surface area contributed by atoms with E-state index < -0.39 is 0 Å². The molecule has 2 aromatic rings. The van der Waals surface area contributed by atoms with Gasteiger partial charge in [-0.15, -0.1) is 0 Å². The zero-order valence-electron chi connectivity index (χ0n) is 22.9. The fourth-order valence-electron chi connectivity index (χ4n) is 5.33.